The fourth-order valence-electron chi connectivity index (χ4n) is 1.58. The summed E-state index contributed by atoms with van der Waals surface area (Å²) < 4.78 is 12.0. The maximum Gasteiger partial charge on any atom is 0.336 e. The van der Waals surface area contributed by atoms with Crippen LogP contribution in [0.15, 0.2) is 36.0 Å². The van der Waals surface area contributed by atoms with E-state index in [1.54, 1.807) is 18.2 Å². The lowest BCUT2D eigenvalue weighted by atomic mass is 10.2. The lowest BCUT2D eigenvalue weighted by Crippen LogP contribution is -2.40. The molecule has 0 unspecified atom stereocenters. The minimum absolute atomic E-state index is 0.123. The normalized spacial score (nSPS) is 14.3. The number of hydrogen-bond donors (Lipinski definition) is 1. The standard InChI is InChI=1S/C23H40O4Si2/c1-22(2,3)28(7,8)26-18-14-12-11-13-16-20(21(24)25)17-15-19-27-29(9,10)23(4,5)6/h12,14-17H,18-19H2,1-10H3,(H,24,25)/b14-12+,17-15+,20-16-. The molecule has 0 saturated carbocycles. The summed E-state index contributed by atoms with van der Waals surface area (Å²) in [6, 6.07) is 0. The lowest BCUT2D eigenvalue weighted by molar-refractivity contribution is -0.132. The SMILES string of the molecule is CC(C)(C)[Si](C)(C)OC/C=C/C#C/C=C(/C=C/CO[Si](C)(C)C(C)(C)C)C(=O)O. The molecule has 29 heavy (non-hydrogen) atoms. The zero-order valence-corrected chi connectivity index (χ0v) is 22.0. The third-order valence-corrected chi connectivity index (χ3v) is 14.8. The average Bonchev–Trinajstić information content (AvgIpc) is 2.53. The highest BCUT2D eigenvalue weighted by Crippen LogP contribution is 2.37. The molecular weight excluding hydrogens is 396 g/mol. The molecule has 4 nitrogen and oxygen atoms in total. The van der Waals surface area contributed by atoms with Crippen molar-refractivity contribution in [3.05, 3.63) is 36.0 Å². The topological polar surface area (TPSA) is 55.8 Å². The molecule has 0 spiro atoms. The van der Waals surface area contributed by atoms with Gasteiger partial charge in [0.2, 0.25) is 0 Å². The first-order chi connectivity index (χ1) is 13.0. The number of carbonyl (C=O) groups is 1. The van der Waals surface area contributed by atoms with Crippen LogP contribution in [0.3, 0.4) is 0 Å². The Kier molecular flexibility index (Phi) is 10.6. The zero-order chi connectivity index (χ0) is 22.9. The maximum absolute atomic E-state index is 11.4. The molecule has 0 aromatic heterocycles. The quantitative estimate of drug-likeness (QED) is 0.214. The minimum atomic E-state index is -1.84. The summed E-state index contributed by atoms with van der Waals surface area (Å²) >= 11 is 0. The Labute approximate surface area is 180 Å². The predicted octanol–water partition coefficient (Wildman–Crippen LogP) is 6.16. The van der Waals surface area contributed by atoms with E-state index in [9.17, 15) is 9.90 Å². The summed E-state index contributed by atoms with van der Waals surface area (Å²) in [5, 5.41) is 9.61. The monoisotopic (exact) mass is 436 g/mol. The van der Waals surface area contributed by atoms with Gasteiger partial charge in [-0.3, -0.25) is 0 Å². The van der Waals surface area contributed by atoms with Crippen molar-refractivity contribution in [2.75, 3.05) is 13.2 Å². The molecule has 0 atom stereocenters. The van der Waals surface area contributed by atoms with E-state index in [4.69, 9.17) is 8.85 Å². The van der Waals surface area contributed by atoms with Gasteiger partial charge >= 0.3 is 5.97 Å². The zero-order valence-electron chi connectivity index (χ0n) is 20.0. The maximum atomic E-state index is 11.4. The second kappa shape index (κ2) is 11.1. The molecule has 1 N–H and O–H groups in total. The molecule has 0 heterocycles. The van der Waals surface area contributed by atoms with Crippen LogP contribution in [0.5, 0.6) is 0 Å². The summed E-state index contributed by atoms with van der Waals surface area (Å²) in [6.07, 6.45) is 8.27. The first-order valence-electron chi connectivity index (χ1n) is 10.1. The molecule has 0 rings (SSSR count). The number of carboxylic acids is 1. The highest BCUT2D eigenvalue weighted by atomic mass is 28.4. The van der Waals surface area contributed by atoms with Crippen LogP contribution in [0, 0.1) is 11.8 Å². The Bertz CT molecular complexity index is 691. The van der Waals surface area contributed by atoms with Gasteiger partial charge in [-0.1, -0.05) is 65.5 Å². The molecule has 0 aromatic carbocycles. The number of aliphatic carboxylic acids is 1. The Morgan fingerprint density at radius 2 is 1.31 bits per heavy atom. The van der Waals surface area contributed by atoms with Crippen LogP contribution < -0.4 is 0 Å². The van der Waals surface area contributed by atoms with Crippen LogP contribution in [-0.4, -0.2) is 40.9 Å². The molecule has 0 aromatic rings. The van der Waals surface area contributed by atoms with Crippen molar-refractivity contribution in [2.45, 2.75) is 77.8 Å². The van der Waals surface area contributed by atoms with Gasteiger partial charge in [0.05, 0.1) is 18.8 Å². The summed E-state index contributed by atoms with van der Waals surface area (Å²) in [4.78, 5) is 11.4. The van der Waals surface area contributed by atoms with E-state index in [1.165, 1.54) is 6.08 Å². The van der Waals surface area contributed by atoms with E-state index in [2.05, 4.69) is 79.6 Å². The Morgan fingerprint density at radius 1 is 0.862 bits per heavy atom. The van der Waals surface area contributed by atoms with Crippen LogP contribution >= 0.6 is 0 Å². The van der Waals surface area contributed by atoms with Crippen LogP contribution in [0.1, 0.15) is 41.5 Å². The Balaban J connectivity index is 4.76. The first kappa shape index (κ1) is 27.6. The van der Waals surface area contributed by atoms with Gasteiger partial charge in [-0.05, 0) is 48.4 Å². The largest absolute Gasteiger partial charge is 0.478 e. The number of hydrogen-bond acceptors (Lipinski definition) is 3. The lowest BCUT2D eigenvalue weighted by Gasteiger charge is -2.35. The fourth-order valence-corrected chi connectivity index (χ4v) is 3.47. The Morgan fingerprint density at radius 3 is 1.72 bits per heavy atom. The number of carboxylic acid groups (broad SMARTS) is 1. The van der Waals surface area contributed by atoms with E-state index >= 15 is 0 Å². The molecule has 0 amide bonds. The second-order valence-electron chi connectivity index (χ2n) is 10.1. The molecule has 0 aliphatic heterocycles. The van der Waals surface area contributed by atoms with Crippen LogP contribution in [0.4, 0.5) is 0 Å². The summed E-state index contributed by atoms with van der Waals surface area (Å²) in [6.45, 7) is 22.8. The number of allylic oxidation sites excluding steroid dienone is 2. The van der Waals surface area contributed by atoms with Gasteiger partial charge in [0.1, 0.15) is 0 Å². The van der Waals surface area contributed by atoms with Crippen LogP contribution in [0.2, 0.25) is 36.3 Å². The third kappa shape index (κ3) is 10.3. The summed E-state index contributed by atoms with van der Waals surface area (Å²) in [5.41, 5.74) is 0.141. The van der Waals surface area contributed by atoms with Crippen LogP contribution in [0.25, 0.3) is 0 Å². The van der Waals surface area contributed by atoms with Crippen LogP contribution in [-0.2, 0) is 13.6 Å². The highest BCUT2D eigenvalue weighted by Gasteiger charge is 2.37. The van der Waals surface area contributed by atoms with Gasteiger partial charge in [0, 0.05) is 6.08 Å². The van der Waals surface area contributed by atoms with Crippen molar-refractivity contribution in [3.8, 4) is 11.8 Å². The smallest absolute Gasteiger partial charge is 0.336 e. The molecule has 0 bridgehead atoms. The minimum Gasteiger partial charge on any atom is -0.478 e. The van der Waals surface area contributed by atoms with E-state index < -0.39 is 22.6 Å². The van der Waals surface area contributed by atoms with Gasteiger partial charge in [0.25, 0.3) is 0 Å². The van der Waals surface area contributed by atoms with Crippen molar-refractivity contribution in [1.82, 2.24) is 0 Å². The molecule has 164 valence electrons. The van der Waals surface area contributed by atoms with E-state index in [-0.39, 0.29) is 15.6 Å². The van der Waals surface area contributed by atoms with Crippen molar-refractivity contribution < 1.29 is 18.8 Å². The molecule has 0 fully saturated rings. The van der Waals surface area contributed by atoms with Gasteiger partial charge in [-0.25, -0.2) is 4.79 Å². The van der Waals surface area contributed by atoms with E-state index in [0.29, 0.717) is 13.2 Å². The van der Waals surface area contributed by atoms with E-state index in [1.807, 2.05) is 6.08 Å². The Hall–Kier alpha value is -1.40. The van der Waals surface area contributed by atoms with Crippen molar-refractivity contribution in [2.24, 2.45) is 0 Å². The molecular formula is C23H40O4Si2. The molecule has 0 aliphatic carbocycles. The highest BCUT2D eigenvalue weighted by molar-refractivity contribution is 6.74. The second-order valence-corrected chi connectivity index (χ2v) is 19.8. The summed E-state index contributed by atoms with van der Waals surface area (Å²) in [7, 11) is -3.60. The van der Waals surface area contributed by atoms with E-state index in [0.717, 1.165) is 0 Å². The molecule has 6 heteroatoms. The number of rotatable bonds is 8. The first-order valence-corrected chi connectivity index (χ1v) is 15.9. The van der Waals surface area contributed by atoms with Gasteiger partial charge in [-0.2, -0.15) is 0 Å². The summed E-state index contributed by atoms with van der Waals surface area (Å²) in [5.74, 6) is 4.60. The molecule has 0 aliphatic rings. The van der Waals surface area contributed by atoms with Gasteiger partial charge < -0.3 is 14.0 Å². The van der Waals surface area contributed by atoms with Crippen molar-refractivity contribution in [3.63, 3.8) is 0 Å². The molecule has 0 radical (unpaired) electrons. The van der Waals surface area contributed by atoms with Crippen molar-refractivity contribution in [1.29, 1.82) is 0 Å². The third-order valence-electron chi connectivity index (χ3n) is 5.75. The molecule has 0 saturated heterocycles. The average molecular weight is 437 g/mol. The fraction of sp³-hybridized carbons (Fsp3) is 0.609. The van der Waals surface area contributed by atoms with Gasteiger partial charge in [0.15, 0.2) is 16.6 Å². The van der Waals surface area contributed by atoms with Gasteiger partial charge in [-0.15, -0.1) is 0 Å². The predicted molar refractivity (Wildman–Crippen MR) is 128 cm³/mol. The van der Waals surface area contributed by atoms with Crippen molar-refractivity contribution >= 4 is 22.6 Å².